The zero-order valence-corrected chi connectivity index (χ0v) is 31.9. The number of fused-ring (bicyclic) bond motifs is 7. The van der Waals surface area contributed by atoms with Crippen molar-refractivity contribution in [2.24, 2.45) is 0 Å². The van der Waals surface area contributed by atoms with Crippen LogP contribution in [0.5, 0.6) is 0 Å². The molecular formula is C52H31N7O. The Morgan fingerprint density at radius 2 is 0.917 bits per heavy atom. The van der Waals surface area contributed by atoms with Gasteiger partial charge in [-0.25, -0.2) is 29.9 Å². The van der Waals surface area contributed by atoms with Crippen LogP contribution in [-0.4, -0.2) is 34.5 Å². The Kier molecular flexibility index (Phi) is 7.67. The van der Waals surface area contributed by atoms with Gasteiger partial charge in [-0.1, -0.05) is 127 Å². The monoisotopic (exact) mass is 769 g/mol. The summed E-state index contributed by atoms with van der Waals surface area (Å²) in [4.78, 5) is 29.3. The van der Waals surface area contributed by atoms with Crippen LogP contribution in [0.15, 0.2) is 193 Å². The smallest absolute Gasteiger partial charge is 0.229 e. The molecule has 8 heteroatoms. The molecule has 0 saturated heterocycles. The maximum Gasteiger partial charge on any atom is 0.229 e. The third-order valence-electron chi connectivity index (χ3n) is 11.2. The molecule has 5 heterocycles. The van der Waals surface area contributed by atoms with Crippen molar-refractivity contribution in [2.45, 2.75) is 0 Å². The highest BCUT2D eigenvalue weighted by Gasteiger charge is 2.17. The van der Waals surface area contributed by atoms with Gasteiger partial charge in [-0.15, -0.1) is 0 Å². The van der Waals surface area contributed by atoms with Crippen LogP contribution < -0.4 is 0 Å². The summed E-state index contributed by atoms with van der Waals surface area (Å²) >= 11 is 0. The van der Waals surface area contributed by atoms with Crippen molar-refractivity contribution >= 4 is 54.8 Å². The molecule has 0 saturated carbocycles. The SMILES string of the molecule is c1ccc(-c2nc(-c3ccc(-c4ncc5oc6ncc(-c7ccc8ccccc8c7)cc6c5n4)cc3)nc(-c3ccc(-n4c5ccccc5c5ccccc54)cc3)n2)cc1. The Morgan fingerprint density at radius 3 is 1.60 bits per heavy atom. The van der Waals surface area contributed by atoms with Crippen molar-refractivity contribution in [3.63, 3.8) is 0 Å². The van der Waals surface area contributed by atoms with Crippen molar-refractivity contribution in [3.05, 3.63) is 188 Å². The average Bonchev–Trinajstić information content (AvgIpc) is 3.87. The predicted molar refractivity (Wildman–Crippen MR) is 240 cm³/mol. The summed E-state index contributed by atoms with van der Waals surface area (Å²) in [6.45, 7) is 0. The molecule has 0 N–H and O–H groups in total. The van der Waals surface area contributed by atoms with Crippen LogP contribution in [0.25, 0.3) is 117 Å². The van der Waals surface area contributed by atoms with E-state index < -0.39 is 0 Å². The van der Waals surface area contributed by atoms with Crippen LogP contribution in [-0.2, 0) is 0 Å². The second-order valence-corrected chi connectivity index (χ2v) is 14.8. The van der Waals surface area contributed by atoms with Gasteiger partial charge in [0.25, 0.3) is 0 Å². The van der Waals surface area contributed by atoms with Gasteiger partial charge in [-0.2, -0.15) is 0 Å². The third-order valence-corrected chi connectivity index (χ3v) is 11.2. The van der Waals surface area contributed by atoms with Gasteiger partial charge in [0.1, 0.15) is 5.52 Å². The molecule has 0 aliphatic carbocycles. The van der Waals surface area contributed by atoms with E-state index in [-0.39, 0.29) is 0 Å². The van der Waals surface area contributed by atoms with Crippen molar-refractivity contribution in [1.82, 2.24) is 34.5 Å². The minimum Gasteiger partial charge on any atom is -0.434 e. The van der Waals surface area contributed by atoms with Gasteiger partial charge in [-0.05, 0) is 64.9 Å². The third kappa shape index (κ3) is 5.69. The van der Waals surface area contributed by atoms with Gasteiger partial charge < -0.3 is 8.98 Å². The van der Waals surface area contributed by atoms with Gasteiger partial charge in [-0.3, -0.25) is 0 Å². The molecular weight excluding hydrogens is 739 g/mol. The quantitative estimate of drug-likeness (QED) is 0.166. The molecule has 60 heavy (non-hydrogen) atoms. The summed E-state index contributed by atoms with van der Waals surface area (Å²) in [6, 6.07) is 60.4. The minimum absolute atomic E-state index is 0.526. The zero-order valence-electron chi connectivity index (χ0n) is 31.9. The summed E-state index contributed by atoms with van der Waals surface area (Å²) in [5.41, 5.74) is 10.8. The van der Waals surface area contributed by atoms with E-state index in [1.165, 1.54) is 21.5 Å². The molecule has 12 aromatic rings. The lowest BCUT2D eigenvalue weighted by Crippen LogP contribution is -2.00. The first-order chi connectivity index (χ1) is 29.7. The maximum atomic E-state index is 6.08. The lowest BCUT2D eigenvalue weighted by atomic mass is 10.0. The Morgan fingerprint density at radius 1 is 0.367 bits per heavy atom. The van der Waals surface area contributed by atoms with Crippen molar-refractivity contribution < 1.29 is 4.42 Å². The lowest BCUT2D eigenvalue weighted by Gasteiger charge is -2.11. The summed E-state index contributed by atoms with van der Waals surface area (Å²) in [5.74, 6) is 2.34. The minimum atomic E-state index is 0.526. The molecule has 8 nitrogen and oxygen atoms in total. The van der Waals surface area contributed by atoms with Crippen LogP contribution >= 0.6 is 0 Å². The van der Waals surface area contributed by atoms with Crippen molar-refractivity contribution in [2.75, 3.05) is 0 Å². The molecule has 0 radical (unpaired) electrons. The number of nitrogens with zero attached hydrogens (tertiary/aromatic N) is 7. The highest BCUT2D eigenvalue weighted by Crippen LogP contribution is 2.35. The van der Waals surface area contributed by atoms with Gasteiger partial charge in [0.2, 0.25) is 5.71 Å². The molecule has 0 bridgehead atoms. The standard InChI is InChI=1S/C52H31N7O/c1-2-11-33(12-3-1)49-56-50(58-51(57-49)36-24-26-40(27-25-36)59-44-16-8-6-14-41(44)42-15-7-9-17-45(42)59)35-21-19-34(20-22-35)48-53-31-46-47(55-48)43-29-39(30-54-52(43)60-46)38-23-18-32-10-4-5-13-37(32)28-38/h1-31H. The largest absolute Gasteiger partial charge is 0.434 e. The Balaban J connectivity index is 0.897. The normalized spacial score (nSPS) is 11.7. The Bertz CT molecular complexity index is 3540. The first-order valence-electron chi connectivity index (χ1n) is 19.8. The molecule has 0 atom stereocenters. The number of aromatic nitrogens is 7. The molecule has 5 aromatic heterocycles. The van der Waals surface area contributed by atoms with E-state index in [1.54, 1.807) is 6.20 Å². The fourth-order valence-electron chi connectivity index (χ4n) is 8.19. The number of pyridine rings is 1. The fraction of sp³-hybridized carbons (Fsp3) is 0. The Labute approximate surface area is 343 Å². The van der Waals surface area contributed by atoms with Crippen LogP contribution in [0.3, 0.4) is 0 Å². The van der Waals surface area contributed by atoms with E-state index >= 15 is 0 Å². The van der Waals surface area contributed by atoms with Crippen LogP contribution in [0.4, 0.5) is 0 Å². The molecule has 280 valence electrons. The van der Waals surface area contributed by atoms with E-state index in [9.17, 15) is 0 Å². The molecule has 12 rings (SSSR count). The fourth-order valence-corrected chi connectivity index (χ4v) is 8.19. The highest BCUT2D eigenvalue weighted by molar-refractivity contribution is 6.09. The van der Waals surface area contributed by atoms with E-state index in [1.807, 2.05) is 60.8 Å². The molecule has 0 spiro atoms. The molecule has 7 aromatic carbocycles. The van der Waals surface area contributed by atoms with Gasteiger partial charge in [0.05, 0.1) is 22.6 Å². The lowest BCUT2D eigenvalue weighted by molar-refractivity contribution is 0.651. The molecule has 0 amide bonds. The number of para-hydroxylation sites is 2. The number of furan rings is 1. The summed E-state index contributed by atoms with van der Waals surface area (Å²) in [7, 11) is 0. The van der Waals surface area contributed by atoms with E-state index in [0.717, 1.165) is 55.5 Å². The Hall–Kier alpha value is -8.36. The van der Waals surface area contributed by atoms with Crippen LogP contribution in [0.1, 0.15) is 0 Å². The second-order valence-electron chi connectivity index (χ2n) is 14.8. The molecule has 0 unspecified atom stereocenters. The first kappa shape index (κ1) is 33.7. The summed E-state index contributed by atoms with van der Waals surface area (Å²) < 4.78 is 8.38. The van der Waals surface area contributed by atoms with E-state index in [0.29, 0.717) is 40.1 Å². The number of hydrogen-bond acceptors (Lipinski definition) is 7. The van der Waals surface area contributed by atoms with Crippen molar-refractivity contribution in [3.8, 4) is 62.4 Å². The molecule has 0 aliphatic rings. The van der Waals surface area contributed by atoms with E-state index in [4.69, 9.17) is 24.4 Å². The predicted octanol–water partition coefficient (Wildman–Crippen LogP) is 12.5. The highest BCUT2D eigenvalue weighted by atomic mass is 16.3. The molecule has 0 fully saturated rings. The zero-order chi connectivity index (χ0) is 39.6. The van der Waals surface area contributed by atoms with Crippen LogP contribution in [0.2, 0.25) is 0 Å². The van der Waals surface area contributed by atoms with Gasteiger partial charge in [0, 0.05) is 50.5 Å². The topological polar surface area (TPSA) is 95.4 Å². The van der Waals surface area contributed by atoms with Gasteiger partial charge >= 0.3 is 0 Å². The molecule has 0 aliphatic heterocycles. The van der Waals surface area contributed by atoms with E-state index in [2.05, 4.69) is 136 Å². The van der Waals surface area contributed by atoms with Crippen LogP contribution in [0, 0.1) is 0 Å². The van der Waals surface area contributed by atoms with Crippen molar-refractivity contribution in [1.29, 1.82) is 0 Å². The average molecular weight is 770 g/mol. The second kappa shape index (κ2) is 13.6. The number of benzene rings is 7. The summed E-state index contributed by atoms with van der Waals surface area (Å²) in [6.07, 6.45) is 3.57. The number of hydrogen-bond donors (Lipinski definition) is 0. The summed E-state index contributed by atoms with van der Waals surface area (Å²) in [5, 5.41) is 5.66. The maximum absolute atomic E-state index is 6.08. The number of rotatable bonds is 6. The van der Waals surface area contributed by atoms with Gasteiger partial charge in [0.15, 0.2) is 28.9 Å². The first-order valence-corrected chi connectivity index (χ1v) is 19.8.